The highest BCUT2D eigenvalue weighted by molar-refractivity contribution is 9.10. The second kappa shape index (κ2) is 6.65. The Hall–Kier alpha value is -1.98. The van der Waals surface area contributed by atoms with Crippen molar-refractivity contribution in [2.24, 2.45) is 0 Å². The molecular formula is C16H15BrN4. The molecule has 3 rings (SSSR count). The van der Waals surface area contributed by atoms with Gasteiger partial charge in [0, 0.05) is 17.6 Å². The van der Waals surface area contributed by atoms with E-state index in [9.17, 15) is 0 Å². The standard InChI is InChI=1S/C16H15BrN4/c17-14-6-4-5-13(9-14)10-18-11-15-12-19-21(20-15)16-7-2-1-3-8-16/h1-9,12,18H,10-11H2. The van der Waals surface area contributed by atoms with Crippen LogP contribution in [0, 0.1) is 0 Å². The zero-order valence-electron chi connectivity index (χ0n) is 11.4. The van der Waals surface area contributed by atoms with Crippen molar-refractivity contribution in [2.75, 3.05) is 0 Å². The second-order valence-electron chi connectivity index (χ2n) is 4.69. The van der Waals surface area contributed by atoms with Crippen LogP contribution in [0.15, 0.2) is 65.3 Å². The van der Waals surface area contributed by atoms with Crippen molar-refractivity contribution in [1.29, 1.82) is 0 Å². The summed E-state index contributed by atoms with van der Waals surface area (Å²) < 4.78 is 1.09. The van der Waals surface area contributed by atoms with Crippen molar-refractivity contribution in [1.82, 2.24) is 20.3 Å². The molecule has 21 heavy (non-hydrogen) atoms. The molecule has 0 saturated carbocycles. The van der Waals surface area contributed by atoms with Gasteiger partial charge in [-0.05, 0) is 29.8 Å². The van der Waals surface area contributed by atoms with E-state index in [1.165, 1.54) is 5.56 Å². The normalized spacial score (nSPS) is 10.7. The smallest absolute Gasteiger partial charge is 0.0969 e. The maximum Gasteiger partial charge on any atom is 0.0969 e. The lowest BCUT2D eigenvalue weighted by atomic mass is 10.2. The molecule has 1 aromatic heterocycles. The summed E-state index contributed by atoms with van der Waals surface area (Å²) in [6, 6.07) is 18.2. The Balaban J connectivity index is 1.58. The molecule has 2 aromatic carbocycles. The van der Waals surface area contributed by atoms with Crippen LogP contribution < -0.4 is 5.32 Å². The molecule has 0 spiro atoms. The van der Waals surface area contributed by atoms with Crippen LogP contribution in [0.25, 0.3) is 5.69 Å². The molecule has 1 heterocycles. The molecule has 0 bridgehead atoms. The van der Waals surface area contributed by atoms with Gasteiger partial charge in [0.2, 0.25) is 0 Å². The van der Waals surface area contributed by atoms with Gasteiger partial charge in [-0.25, -0.2) is 0 Å². The summed E-state index contributed by atoms with van der Waals surface area (Å²) in [6.45, 7) is 1.50. The largest absolute Gasteiger partial charge is 0.307 e. The van der Waals surface area contributed by atoms with Gasteiger partial charge in [-0.3, -0.25) is 0 Å². The first-order chi connectivity index (χ1) is 10.3. The lowest BCUT2D eigenvalue weighted by molar-refractivity contribution is 0.662. The molecule has 0 aliphatic carbocycles. The predicted molar refractivity (Wildman–Crippen MR) is 86.0 cm³/mol. The first kappa shape index (κ1) is 14.0. The lowest BCUT2D eigenvalue weighted by Gasteiger charge is -2.03. The third-order valence-electron chi connectivity index (χ3n) is 3.05. The third kappa shape index (κ3) is 3.77. The van der Waals surface area contributed by atoms with Crippen molar-refractivity contribution >= 4 is 15.9 Å². The maximum absolute atomic E-state index is 4.46. The van der Waals surface area contributed by atoms with E-state index in [0.717, 1.165) is 22.4 Å². The Kier molecular flexibility index (Phi) is 4.43. The van der Waals surface area contributed by atoms with Gasteiger partial charge in [-0.1, -0.05) is 46.3 Å². The molecule has 0 unspecified atom stereocenters. The van der Waals surface area contributed by atoms with E-state index in [0.29, 0.717) is 6.54 Å². The topological polar surface area (TPSA) is 42.7 Å². The van der Waals surface area contributed by atoms with Crippen LogP contribution in [0.4, 0.5) is 0 Å². The Morgan fingerprint density at radius 1 is 1.00 bits per heavy atom. The van der Waals surface area contributed by atoms with Crippen LogP contribution >= 0.6 is 15.9 Å². The fourth-order valence-corrected chi connectivity index (χ4v) is 2.49. The van der Waals surface area contributed by atoms with Crippen LogP contribution in [-0.2, 0) is 13.1 Å². The fraction of sp³-hybridized carbons (Fsp3) is 0.125. The van der Waals surface area contributed by atoms with E-state index in [-0.39, 0.29) is 0 Å². The van der Waals surface area contributed by atoms with E-state index in [1.807, 2.05) is 42.5 Å². The molecule has 0 fully saturated rings. The summed E-state index contributed by atoms with van der Waals surface area (Å²) in [5, 5.41) is 12.1. The van der Waals surface area contributed by atoms with E-state index in [2.05, 4.69) is 43.6 Å². The average molecular weight is 343 g/mol. The van der Waals surface area contributed by atoms with Crippen molar-refractivity contribution in [2.45, 2.75) is 13.1 Å². The van der Waals surface area contributed by atoms with Crippen LogP contribution in [0.5, 0.6) is 0 Å². The van der Waals surface area contributed by atoms with Gasteiger partial charge in [0.25, 0.3) is 0 Å². The molecule has 0 amide bonds. The zero-order chi connectivity index (χ0) is 14.5. The maximum atomic E-state index is 4.46. The molecule has 0 atom stereocenters. The van der Waals surface area contributed by atoms with Gasteiger partial charge < -0.3 is 5.32 Å². The number of benzene rings is 2. The summed E-state index contributed by atoms with van der Waals surface area (Å²) >= 11 is 3.47. The highest BCUT2D eigenvalue weighted by Crippen LogP contribution is 2.11. The number of hydrogen-bond donors (Lipinski definition) is 1. The zero-order valence-corrected chi connectivity index (χ0v) is 13.0. The van der Waals surface area contributed by atoms with Gasteiger partial charge in [-0.2, -0.15) is 15.0 Å². The lowest BCUT2D eigenvalue weighted by Crippen LogP contribution is -2.13. The van der Waals surface area contributed by atoms with Crippen molar-refractivity contribution in [3.63, 3.8) is 0 Å². The number of rotatable bonds is 5. The summed E-state index contributed by atoms with van der Waals surface area (Å²) in [5.74, 6) is 0. The number of hydrogen-bond acceptors (Lipinski definition) is 3. The highest BCUT2D eigenvalue weighted by Gasteiger charge is 2.02. The van der Waals surface area contributed by atoms with E-state index in [1.54, 1.807) is 11.0 Å². The molecule has 4 nitrogen and oxygen atoms in total. The van der Waals surface area contributed by atoms with Gasteiger partial charge >= 0.3 is 0 Å². The molecule has 0 radical (unpaired) electrons. The average Bonchev–Trinajstić information content (AvgIpc) is 2.97. The minimum Gasteiger partial charge on any atom is -0.307 e. The van der Waals surface area contributed by atoms with Crippen molar-refractivity contribution in [3.8, 4) is 5.69 Å². The van der Waals surface area contributed by atoms with Gasteiger partial charge in [0.05, 0.1) is 17.6 Å². The molecule has 106 valence electrons. The third-order valence-corrected chi connectivity index (χ3v) is 3.54. The predicted octanol–water partition coefficient (Wildman–Crippen LogP) is 3.32. The molecule has 0 saturated heterocycles. The van der Waals surface area contributed by atoms with Crippen LogP contribution in [0.1, 0.15) is 11.3 Å². The SMILES string of the molecule is Brc1cccc(CNCc2cnn(-c3ccccc3)n2)c1. The first-order valence-electron chi connectivity index (χ1n) is 6.73. The first-order valence-corrected chi connectivity index (χ1v) is 7.52. The van der Waals surface area contributed by atoms with Crippen LogP contribution in [0.2, 0.25) is 0 Å². The van der Waals surface area contributed by atoms with E-state index in [4.69, 9.17) is 0 Å². The quantitative estimate of drug-likeness (QED) is 0.773. The molecule has 0 aliphatic heterocycles. The van der Waals surface area contributed by atoms with Crippen LogP contribution in [-0.4, -0.2) is 15.0 Å². The van der Waals surface area contributed by atoms with Gasteiger partial charge in [0.1, 0.15) is 0 Å². The summed E-state index contributed by atoms with van der Waals surface area (Å²) in [7, 11) is 0. The molecule has 0 aliphatic rings. The number of nitrogens with one attached hydrogen (secondary N) is 1. The Morgan fingerprint density at radius 2 is 1.86 bits per heavy atom. The number of para-hydroxylation sites is 1. The van der Waals surface area contributed by atoms with Crippen molar-refractivity contribution < 1.29 is 0 Å². The number of nitrogens with zero attached hydrogens (tertiary/aromatic N) is 3. The number of aromatic nitrogens is 3. The molecule has 3 aromatic rings. The van der Waals surface area contributed by atoms with Gasteiger partial charge in [0.15, 0.2) is 0 Å². The minimum absolute atomic E-state index is 0.694. The van der Waals surface area contributed by atoms with E-state index < -0.39 is 0 Å². The molecule has 1 N–H and O–H groups in total. The van der Waals surface area contributed by atoms with Crippen LogP contribution in [0.3, 0.4) is 0 Å². The Bertz CT molecular complexity index is 709. The van der Waals surface area contributed by atoms with Crippen molar-refractivity contribution in [3.05, 3.63) is 76.5 Å². The number of halogens is 1. The Morgan fingerprint density at radius 3 is 2.67 bits per heavy atom. The fourth-order valence-electron chi connectivity index (χ4n) is 2.04. The minimum atomic E-state index is 0.694. The highest BCUT2D eigenvalue weighted by atomic mass is 79.9. The van der Waals surface area contributed by atoms with E-state index >= 15 is 0 Å². The van der Waals surface area contributed by atoms with Gasteiger partial charge in [-0.15, -0.1) is 0 Å². The summed E-state index contributed by atoms with van der Waals surface area (Å²) in [5.41, 5.74) is 3.13. The monoisotopic (exact) mass is 342 g/mol. The molecule has 5 heteroatoms. The second-order valence-corrected chi connectivity index (χ2v) is 5.61. The molecular weight excluding hydrogens is 328 g/mol. The summed E-state index contributed by atoms with van der Waals surface area (Å²) in [4.78, 5) is 1.65. The summed E-state index contributed by atoms with van der Waals surface area (Å²) in [6.07, 6.45) is 1.79. The Labute approximate surface area is 131 Å².